The number of hydrogen-bond donors (Lipinski definition) is 0. The molecule has 0 bridgehead atoms. The van der Waals surface area contributed by atoms with Crippen LogP contribution in [0.2, 0.25) is 0 Å². The van der Waals surface area contributed by atoms with Crippen LogP contribution in [0, 0.1) is 0 Å². The van der Waals surface area contributed by atoms with Crippen molar-refractivity contribution in [1.29, 1.82) is 0 Å². The molecule has 100 valence electrons. The Morgan fingerprint density at radius 3 is 2.79 bits per heavy atom. The van der Waals surface area contributed by atoms with Crippen molar-refractivity contribution < 1.29 is 13.9 Å². The van der Waals surface area contributed by atoms with Gasteiger partial charge in [-0.3, -0.25) is 9.36 Å². The number of carbonyl (C=O) groups excluding carboxylic acids is 1. The lowest BCUT2D eigenvalue weighted by atomic mass is 10.2. The minimum absolute atomic E-state index is 0.217. The summed E-state index contributed by atoms with van der Waals surface area (Å²) >= 11 is 0. The van der Waals surface area contributed by atoms with Gasteiger partial charge in [-0.05, 0) is 18.6 Å². The van der Waals surface area contributed by atoms with Gasteiger partial charge < -0.3 is 9.15 Å². The second kappa shape index (κ2) is 5.51. The third-order valence-electron chi connectivity index (χ3n) is 2.65. The number of esters is 1. The summed E-state index contributed by atoms with van der Waals surface area (Å²) in [6, 6.07) is 6.72. The quantitative estimate of drug-likeness (QED) is 0.605. The minimum atomic E-state index is -0.702. The van der Waals surface area contributed by atoms with Crippen molar-refractivity contribution >= 4 is 16.9 Å². The number of para-hydroxylation sites is 1. The van der Waals surface area contributed by atoms with Crippen molar-refractivity contribution in [2.75, 3.05) is 6.61 Å². The summed E-state index contributed by atoms with van der Waals surface area (Å²) < 4.78 is 10.8. The lowest BCUT2D eigenvalue weighted by Crippen LogP contribution is -2.25. The van der Waals surface area contributed by atoms with Crippen molar-refractivity contribution in [2.24, 2.45) is 0 Å². The normalized spacial score (nSPS) is 10.6. The van der Waals surface area contributed by atoms with Crippen LogP contribution in [0.4, 0.5) is 0 Å². The van der Waals surface area contributed by atoms with Gasteiger partial charge in [-0.2, -0.15) is 0 Å². The summed E-state index contributed by atoms with van der Waals surface area (Å²) in [4.78, 5) is 33.8. The molecule has 0 aliphatic rings. The molecule has 6 nitrogen and oxygen atoms in total. The molecule has 0 N–H and O–H groups in total. The van der Waals surface area contributed by atoms with E-state index in [1.54, 1.807) is 24.3 Å². The van der Waals surface area contributed by atoms with Crippen LogP contribution in [-0.2, 0) is 16.1 Å². The Morgan fingerprint density at radius 1 is 1.32 bits per heavy atom. The molecular weight excluding hydrogens is 250 g/mol. The number of fused-ring (bicyclic) bond motifs is 1. The number of aryl methyl sites for hydroxylation is 1. The number of ether oxygens (including phenoxy) is 1. The highest BCUT2D eigenvalue weighted by atomic mass is 16.5. The summed E-state index contributed by atoms with van der Waals surface area (Å²) in [6.07, 6.45) is 0.469. The summed E-state index contributed by atoms with van der Waals surface area (Å²) in [5.41, 5.74) is -0.122. The molecule has 0 saturated heterocycles. The predicted molar refractivity (Wildman–Crippen MR) is 68.0 cm³/mol. The van der Waals surface area contributed by atoms with Crippen molar-refractivity contribution in [3.63, 3.8) is 0 Å². The fourth-order valence-corrected chi connectivity index (χ4v) is 1.82. The van der Waals surface area contributed by atoms with Crippen LogP contribution >= 0.6 is 0 Å². The molecule has 0 amide bonds. The van der Waals surface area contributed by atoms with Crippen LogP contribution in [-0.4, -0.2) is 17.1 Å². The molecule has 1 aromatic carbocycles. The Morgan fingerprint density at radius 2 is 2.05 bits per heavy atom. The van der Waals surface area contributed by atoms with Crippen LogP contribution < -0.4 is 11.4 Å². The molecule has 0 saturated carbocycles. The van der Waals surface area contributed by atoms with Crippen molar-refractivity contribution in [3.8, 4) is 0 Å². The van der Waals surface area contributed by atoms with E-state index in [1.165, 1.54) is 11.5 Å². The van der Waals surface area contributed by atoms with Crippen LogP contribution in [0.3, 0.4) is 0 Å². The smallest absolute Gasteiger partial charge is 0.422 e. The highest BCUT2D eigenvalue weighted by Gasteiger charge is 2.08. The van der Waals surface area contributed by atoms with Gasteiger partial charge in [0.05, 0.1) is 17.5 Å². The van der Waals surface area contributed by atoms with E-state index in [-0.39, 0.29) is 12.6 Å². The van der Waals surface area contributed by atoms with Crippen LogP contribution in [0.1, 0.15) is 13.3 Å². The molecule has 19 heavy (non-hydrogen) atoms. The van der Waals surface area contributed by atoms with Gasteiger partial charge in [0.1, 0.15) is 0 Å². The molecule has 2 aromatic rings. The summed E-state index contributed by atoms with van der Waals surface area (Å²) in [5.74, 6) is -1.07. The second-order valence-corrected chi connectivity index (χ2v) is 4.02. The maximum Gasteiger partial charge on any atom is 0.422 e. The van der Waals surface area contributed by atoms with Gasteiger partial charge in [0.2, 0.25) is 0 Å². The third-order valence-corrected chi connectivity index (χ3v) is 2.65. The molecule has 2 rings (SSSR count). The number of benzene rings is 1. The van der Waals surface area contributed by atoms with Gasteiger partial charge in [0, 0.05) is 13.5 Å². The summed E-state index contributed by atoms with van der Waals surface area (Å²) in [5, 5.41) is 0.356. The van der Waals surface area contributed by atoms with E-state index in [9.17, 15) is 14.4 Å². The van der Waals surface area contributed by atoms with Gasteiger partial charge in [0.15, 0.2) is 0 Å². The molecular formula is C13H13NO5. The van der Waals surface area contributed by atoms with Crippen molar-refractivity contribution in [3.05, 3.63) is 45.2 Å². The Kier molecular flexibility index (Phi) is 3.79. The fraction of sp³-hybridized carbons (Fsp3) is 0.308. The first-order valence-corrected chi connectivity index (χ1v) is 5.85. The Hall–Kier alpha value is -2.37. The molecule has 1 aromatic heterocycles. The lowest BCUT2D eigenvalue weighted by molar-refractivity contribution is -0.141. The largest absolute Gasteiger partial charge is 0.466 e. The minimum Gasteiger partial charge on any atom is -0.466 e. The Bertz CT molecular complexity index is 713. The monoisotopic (exact) mass is 263 g/mol. The SMILES string of the molecule is CC(=O)OCCCn1c(=O)oc(=O)c2ccccc21. The first-order valence-electron chi connectivity index (χ1n) is 5.85. The Labute approximate surface area is 108 Å². The fourth-order valence-electron chi connectivity index (χ4n) is 1.82. The molecule has 0 atom stereocenters. The second-order valence-electron chi connectivity index (χ2n) is 4.02. The molecule has 0 aliphatic carbocycles. The number of hydrogen-bond acceptors (Lipinski definition) is 5. The van der Waals surface area contributed by atoms with Gasteiger partial charge in [-0.25, -0.2) is 9.59 Å². The number of carbonyl (C=O) groups is 1. The molecule has 0 radical (unpaired) electrons. The van der Waals surface area contributed by atoms with Crippen LogP contribution in [0.5, 0.6) is 0 Å². The Balaban J connectivity index is 2.30. The van der Waals surface area contributed by atoms with Crippen LogP contribution in [0.25, 0.3) is 10.9 Å². The van der Waals surface area contributed by atoms with E-state index < -0.39 is 11.4 Å². The zero-order chi connectivity index (χ0) is 13.8. The van der Waals surface area contributed by atoms with Gasteiger partial charge >= 0.3 is 17.4 Å². The van der Waals surface area contributed by atoms with E-state index >= 15 is 0 Å². The summed E-state index contributed by atoms with van der Waals surface area (Å²) in [7, 11) is 0. The van der Waals surface area contributed by atoms with E-state index in [2.05, 4.69) is 4.42 Å². The molecule has 1 heterocycles. The van der Waals surface area contributed by atoms with E-state index in [0.717, 1.165) is 0 Å². The molecule has 0 fully saturated rings. The predicted octanol–water partition coefficient (Wildman–Crippen LogP) is 0.908. The zero-order valence-electron chi connectivity index (χ0n) is 10.4. The average Bonchev–Trinajstić information content (AvgIpc) is 2.37. The highest BCUT2D eigenvalue weighted by molar-refractivity contribution is 5.77. The maximum atomic E-state index is 11.7. The first kappa shape index (κ1) is 13.1. The van der Waals surface area contributed by atoms with Crippen molar-refractivity contribution in [2.45, 2.75) is 19.9 Å². The highest BCUT2D eigenvalue weighted by Crippen LogP contribution is 2.07. The van der Waals surface area contributed by atoms with Gasteiger partial charge in [-0.1, -0.05) is 12.1 Å². The number of aromatic nitrogens is 1. The van der Waals surface area contributed by atoms with Gasteiger partial charge in [0.25, 0.3) is 0 Å². The molecule has 6 heteroatoms. The molecule has 0 aliphatic heterocycles. The topological polar surface area (TPSA) is 78.5 Å². The summed E-state index contributed by atoms with van der Waals surface area (Å²) in [6.45, 7) is 1.86. The maximum absolute atomic E-state index is 11.7. The number of nitrogens with zero attached hydrogens (tertiary/aromatic N) is 1. The van der Waals surface area contributed by atoms with E-state index in [0.29, 0.717) is 23.9 Å². The van der Waals surface area contributed by atoms with E-state index in [1.807, 2.05) is 0 Å². The molecule has 0 spiro atoms. The van der Waals surface area contributed by atoms with E-state index in [4.69, 9.17) is 4.74 Å². The average molecular weight is 263 g/mol. The lowest BCUT2D eigenvalue weighted by Gasteiger charge is -2.08. The van der Waals surface area contributed by atoms with Gasteiger partial charge in [-0.15, -0.1) is 0 Å². The molecule has 0 unspecified atom stereocenters. The first-order chi connectivity index (χ1) is 9.09. The number of rotatable bonds is 4. The standard InChI is InChI=1S/C13H13NO5/c1-9(15)18-8-4-7-14-11-6-3-2-5-10(11)12(16)19-13(14)17/h2-3,5-6H,4,7-8H2,1H3. The zero-order valence-corrected chi connectivity index (χ0v) is 10.4. The third kappa shape index (κ3) is 2.90. The van der Waals surface area contributed by atoms with Crippen LogP contribution in [0.15, 0.2) is 38.3 Å². The van der Waals surface area contributed by atoms with Crippen molar-refractivity contribution in [1.82, 2.24) is 4.57 Å².